The minimum absolute atomic E-state index is 0.0259. The van der Waals surface area contributed by atoms with Gasteiger partial charge in [0.05, 0.1) is 31.0 Å². The Labute approximate surface area is 211 Å². The molecule has 0 radical (unpaired) electrons. The van der Waals surface area contributed by atoms with Crippen molar-refractivity contribution in [3.05, 3.63) is 71.7 Å². The zero-order valence-electron chi connectivity index (χ0n) is 20.7. The van der Waals surface area contributed by atoms with Crippen LogP contribution in [-0.2, 0) is 16.0 Å². The van der Waals surface area contributed by atoms with Gasteiger partial charge in [-0.15, -0.1) is 0 Å². The van der Waals surface area contributed by atoms with E-state index in [-0.39, 0.29) is 18.4 Å². The van der Waals surface area contributed by atoms with Gasteiger partial charge < -0.3 is 19.7 Å². The molecular formula is C28H31N5O3. The first kappa shape index (κ1) is 25.1. The van der Waals surface area contributed by atoms with Gasteiger partial charge in [-0.2, -0.15) is 5.26 Å². The van der Waals surface area contributed by atoms with E-state index in [0.717, 1.165) is 43.1 Å². The molecule has 2 aromatic carbocycles. The number of nitrogens with one attached hydrogen (secondary N) is 1. The molecule has 36 heavy (non-hydrogen) atoms. The maximum atomic E-state index is 11.7. The van der Waals surface area contributed by atoms with Crippen molar-refractivity contribution in [2.24, 2.45) is 5.92 Å². The zero-order valence-corrected chi connectivity index (χ0v) is 20.7. The molecule has 1 aliphatic rings. The van der Waals surface area contributed by atoms with Crippen LogP contribution in [0, 0.1) is 17.2 Å². The third-order valence-corrected chi connectivity index (χ3v) is 5.96. The van der Waals surface area contributed by atoms with Crippen LogP contribution in [0.1, 0.15) is 30.8 Å². The van der Waals surface area contributed by atoms with E-state index in [9.17, 15) is 10.1 Å². The van der Waals surface area contributed by atoms with E-state index in [1.54, 1.807) is 18.3 Å². The Hall–Kier alpha value is -3.96. The summed E-state index contributed by atoms with van der Waals surface area (Å²) in [6.07, 6.45) is 2.36. The molecule has 1 aliphatic heterocycles. The first-order valence-electron chi connectivity index (χ1n) is 12.2. The van der Waals surface area contributed by atoms with Crippen LogP contribution in [0.15, 0.2) is 54.7 Å². The van der Waals surface area contributed by atoms with Crippen LogP contribution in [0.25, 0.3) is 11.3 Å². The van der Waals surface area contributed by atoms with Crippen LogP contribution < -0.4 is 15.0 Å². The molecule has 8 nitrogen and oxygen atoms in total. The van der Waals surface area contributed by atoms with E-state index in [1.165, 1.54) is 5.69 Å². The van der Waals surface area contributed by atoms with Gasteiger partial charge in [0.2, 0.25) is 5.91 Å². The van der Waals surface area contributed by atoms with Crippen molar-refractivity contribution < 1.29 is 14.3 Å². The van der Waals surface area contributed by atoms with Crippen LogP contribution >= 0.6 is 0 Å². The Balaban J connectivity index is 1.40. The molecule has 0 spiro atoms. The number of hydrogen-bond donors (Lipinski definition) is 1. The lowest BCUT2D eigenvalue weighted by Crippen LogP contribution is -2.36. The minimum atomic E-state index is -0.0776. The topological polar surface area (TPSA) is 100 Å². The largest absolute Gasteiger partial charge is 0.490 e. The third kappa shape index (κ3) is 6.58. The van der Waals surface area contributed by atoms with Crippen molar-refractivity contribution in [3.8, 4) is 23.1 Å². The van der Waals surface area contributed by atoms with Crippen molar-refractivity contribution >= 4 is 11.6 Å². The number of benzene rings is 2. The molecule has 186 valence electrons. The molecule has 3 aromatic rings. The third-order valence-electron chi connectivity index (χ3n) is 5.96. The predicted molar refractivity (Wildman–Crippen MR) is 138 cm³/mol. The summed E-state index contributed by atoms with van der Waals surface area (Å²) < 4.78 is 11.2. The lowest BCUT2D eigenvalue weighted by molar-refractivity contribution is -0.124. The van der Waals surface area contributed by atoms with Gasteiger partial charge in [-0.25, -0.2) is 9.97 Å². The van der Waals surface area contributed by atoms with Crippen molar-refractivity contribution in [3.63, 3.8) is 0 Å². The van der Waals surface area contributed by atoms with Gasteiger partial charge in [0.25, 0.3) is 0 Å². The van der Waals surface area contributed by atoms with Crippen LogP contribution in [0.4, 0.5) is 5.69 Å². The number of ether oxygens (including phenoxy) is 2. The molecule has 0 aliphatic carbocycles. The summed E-state index contributed by atoms with van der Waals surface area (Å²) in [6, 6.07) is 17.9. The van der Waals surface area contributed by atoms with Gasteiger partial charge >= 0.3 is 0 Å². The maximum Gasteiger partial charge on any atom is 0.222 e. The molecule has 1 fully saturated rings. The van der Waals surface area contributed by atoms with Crippen molar-refractivity contribution in [2.75, 3.05) is 44.4 Å². The Kier molecular flexibility index (Phi) is 8.48. The summed E-state index contributed by atoms with van der Waals surface area (Å²) in [5.74, 6) is 1.09. The SMILES string of the molecule is CC(C)C(=O)NCCOc1ccc(-c2ccnc(Cc3ccc(N4CCOCC4)cc3)n2)cc1C#N. The molecule has 4 rings (SSSR count). The van der Waals surface area contributed by atoms with Gasteiger partial charge in [0.1, 0.15) is 24.3 Å². The van der Waals surface area contributed by atoms with Gasteiger partial charge in [-0.1, -0.05) is 26.0 Å². The van der Waals surface area contributed by atoms with E-state index in [2.05, 4.69) is 45.5 Å². The minimum Gasteiger partial charge on any atom is -0.490 e. The summed E-state index contributed by atoms with van der Waals surface area (Å²) in [5, 5.41) is 12.4. The molecule has 1 aromatic heterocycles. The molecule has 2 heterocycles. The molecular weight excluding hydrogens is 454 g/mol. The number of carbonyl (C=O) groups is 1. The first-order valence-corrected chi connectivity index (χ1v) is 12.2. The highest BCUT2D eigenvalue weighted by Gasteiger charge is 2.12. The summed E-state index contributed by atoms with van der Waals surface area (Å²) in [4.78, 5) is 23.2. The number of nitrogens with zero attached hydrogens (tertiary/aromatic N) is 4. The van der Waals surface area contributed by atoms with E-state index in [4.69, 9.17) is 14.5 Å². The number of nitriles is 1. The molecule has 0 unspecified atom stereocenters. The monoisotopic (exact) mass is 485 g/mol. The number of rotatable bonds is 9. The Bertz CT molecular complexity index is 1210. The lowest BCUT2D eigenvalue weighted by Gasteiger charge is -2.28. The number of carbonyl (C=O) groups excluding carboxylic acids is 1. The number of morpholine rings is 1. The normalized spacial score (nSPS) is 13.3. The van der Waals surface area contributed by atoms with Crippen molar-refractivity contribution in [1.82, 2.24) is 15.3 Å². The number of hydrogen-bond acceptors (Lipinski definition) is 7. The average molecular weight is 486 g/mol. The quantitative estimate of drug-likeness (QED) is 0.462. The Morgan fingerprint density at radius 1 is 1.17 bits per heavy atom. The van der Waals surface area contributed by atoms with Crippen LogP contribution in [-0.4, -0.2) is 55.3 Å². The van der Waals surface area contributed by atoms with Gasteiger partial charge in [0.15, 0.2) is 0 Å². The Morgan fingerprint density at radius 2 is 1.94 bits per heavy atom. The summed E-state index contributed by atoms with van der Waals surface area (Å²) in [7, 11) is 0. The summed E-state index contributed by atoms with van der Waals surface area (Å²) in [5.41, 5.74) is 4.32. The second kappa shape index (κ2) is 12.1. The molecule has 1 saturated heterocycles. The van der Waals surface area contributed by atoms with Gasteiger partial charge in [0, 0.05) is 42.9 Å². The average Bonchev–Trinajstić information content (AvgIpc) is 2.92. The van der Waals surface area contributed by atoms with E-state index >= 15 is 0 Å². The molecule has 0 bridgehead atoms. The maximum absolute atomic E-state index is 11.7. The fourth-order valence-electron chi connectivity index (χ4n) is 3.92. The summed E-state index contributed by atoms with van der Waals surface area (Å²) >= 11 is 0. The molecule has 0 atom stereocenters. The predicted octanol–water partition coefficient (Wildman–Crippen LogP) is 3.59. The number of aromatic nitrogens is 2. The number of anilines is 1. The van der Waals surface area contributed by atoms with E-state index in [0.29, 0.717) is 30.1 Å². The summed E-state index contributed by atoms with van der Waals surface area (Å²) in [6.45, 7) is 7.69. The standard InChI is InChI=1S/C28H31N5O3/c1-20(2)28(34)31-11-14-36-26-8-5-22(18-23(26)19-29)25-9-10-30-27(32-25)17-21-3-6-24(7-4-21)33-12-15-35-16-13-33/h3-10,18,20H,11-17H2,1-2H3,(H,31,34). The Morgan fingerprint density at radius 3 is 2.67 bits per heavy atom. The second-order valence-corrected chi connectivity index (χ2v) is 8.92. The smallest absolute Gasteiger partial charge is 0.222 e. The molecule has 1 amide bonds. The molecule has 0 saturated carbocycles. The fraction of sp³-hybridized carbons (Fsp3) is 0.357. The zero-order chi connectivity index (χ0) is 25.3. The van der Waals surface area contributed by atoms with Gasteiger partial charge in [-0.3, -0.25) is 4.79 Å². The molecule has 8 heteroatoms. The van der Waals surface area contributed by atoms with Gasteiger partial charge in [-0.05, 0) is 42.0 Å². The van der Waals surface area contributed by atoms with Crippen molar-refractivity contribution in [1.29, 1.82) is 5.26 Å². The van der Waals surface area contributed by atoms with E-state index in [1.807, 2.05) is 26.0 Å². The lowest BCUT2D eigenvalue weighted by atomic mass is 10.1. The highest BCUT2D eigenvalue weighted by Crippen LogP contribution is 2.26. The molecule has 1 N–H and O–H groups in total. The van der Waals surface area contributed by atoms with Crippen LogP contribution in [0.3, 0.4) is 0 Å². The van der Waals surface area contributed by atoms with Crippen LogP contribution in [0.2, 0.25) is 0 Å². The fourth-order valence-corrected chi connectivity index (χ4v) is 3.92. The highest BCUT2D eigenvalue weighted by atomic mass is 16.5. The van der Waals surface area contributed by atoms with Crippen molar-refractivity contribution in [2.45, 2.75) is 20.3 Å². The second-order valence-electron chi connectivity index (χ2n) is 8.92. The number of amides is 1. The first-order chi connectivity index (χ1) is 17.5. The van der Waals surface area contributed by atoms with E-state index < -0.39 is 0 Å². The van der Waals surface area contributed by atoms with Crippen LogP contribution in [0.5, 0.6) is 5.75 Å². The highest BCUT2D eigenvalue weighted by molar-refractivity contribution is 5.77.